The summed E-state index contributed by atoms with van der Waals surface area (Å²) in [5.74, 6) is -1.19. The van der Waals surface area contributed by atoms with Crippen molar-refractivity contribution in [2.24, 2.45) is 0 Å². The Morgan fingerprint density at radius 2 is 2.06 bits per heavy atom. The monoisotopic (exact) mass is 240 g/mol. The average Bonchev–Trinajstić information content (AvgIpc) is 2.19. The van der Waals surface area contributed by atoms with E-state index in [9.17, 15) is 9.59 Å². The number of alkyl halides is 1. The number of halogens is 1. The molecule has 1 aromatic rings. The van der Waals surface area contributed by atoms with Crippen LogP contribution in [-0.2, 0) is 11.2 Å². The van der Waals surface area contributed by atoms with Crippen LogP contribution in [0.5, 0.6) is 0 Å². The van der Waals surface area contributed by atoms with Gasteiger partial charge in [0.1, 0.15) is 0 Å². The first-order chi connectivity index (χ1) is 7.43. The number of carbonyl (C=O) groups is 2. The van der Waals surface area contributed by atoms with Gasteiger partial charge in [-0.2, -0.15) is 0 Å². The highest BCUT2D eigenvalue weighted by Crippen LogP contribution is 2.18. The molecule has 0 amide bonds. The predicted octanol–water partition coefficient (Wildman–Crippen LogP) is 2.43. The normalized spacial score (nSPS) is 12.2. The highest BCUT2D eigenvalue weighted by Gasteiger charge is 2.18. The van der Waals surface area contributed by atoms with E-state index in [1.165, 1.54) is 0 Å². The van der Waals surface area contributed by atoms with E-state index in [1.807, 2.05) is 0 Å². The number of ketones is 1. The molecule has 16 heavy (non-hydrogen) atoms. The summed E-state index contributed by atoms with van der Waals surface area (Å²) < 4.78 is 0. The lowest BCUT2D eigenvalue weighted by atomic mass is 9.95. The number of aliphatic carboxylic acids is 1. The third-order valence-corrected chi connectivity index (χ3v) is 2.56. The van der Waals surface area contributed by atoms with Crippen molar-refractivity contribution in [2.45, 2.75) is 25.6 Å². The number of aryl methyl sites for hydroxylation is 1. The third-order valence-electron chi connectivity index (χ3n) is 2.36. The molecule has 0 aliphatic carbocycles. The molecule has 86 valence electrons. The Bertz CT molecular complexity index is 424. The van der Waals surface area contributed by atoms with Crippen LogP contribution in [0.3, 0.4) is 0 Å². The first-order valence-electron chi connectivity index (χ1n) is 4.92. The lowest BCUT2D eigenvalue weighted by Gasteiger charge is -2.10. The third kappa shape index (κ3) is 2.83. The van der Waals surface area contributed by atoms with E-state index >= 15 is 0 Å². The van der Waals surface area contributed by atoms with Crippen LogP contribution in [0.2, 0.25) is 0 Å². The van der Waals surface area contributed by atoms with Crippen LogP contribution in [-0.4, -0.2) is 22.2 Å². The number of rotatable bonds is 4. The first-order valence-corrected chi connectivity index (χ1v) is 5.35. The number of benzene rings is 1. The van der Waals surface area contributed by atoms with Crippen LogP contribution in [0, 0.1) is 6.92 Å². The summed E-state index contributed by atoms with van der Waals surface area (Å²) in [6.45, 7) is 3.37. The van der Waals surface area contributed by atoms with Gasteiger partial charge in [-0.1, -0.05) is 18.2 Å². The van der Waals surface area contributed by atoms with Crippen molar-refractivity contribution in [3.63, 3.8) is 0 Å². The van der Waals surface area contributed by atoms with Gasteiger partial charge in [-0.05, 0) is 25.0 Å². The van der Waals surface area contributed by atoms with Gasteiger partial charge < -0.3 is 5.11 Å². The molecule has 0 aliphatic rings. The second kappa shape index (κ2) is 5.12. The average molecular weight is 241 g/mol. The number of carbonyl (C=O) groups excluding carboxylic acids is 1. The Kier molecular flexibility index (Phi) is 4.07. The first kappa shape index (κ1) is 12.7. The van der Waals surface area contributed by atoms with Crippen LogP contribution in [0.15, 0.2) is 18.2 Å². The van der Waals surface area contributed by atoms with E-state index in [2.05, 4.69) is 0 Å². The van der Waals surface area contributed by atoms with Gasteiger partial charge >= 0.3 is 5.97 Å². The summed E-state index contributed by atoms with van der Waals surface area (Å²) in [5.41, 5.74) is 1.75. The number of Topliss-reactive ketones (excluding diaryl/α,β-unsaturated/α-hetero) is 1. The molecule has 1 aromatic carbocycles. The Morgan fingerprint density at radius 1 is 1.44 bits per heavy atom. The molecule has 0 radical (unpaired) electrons. The largest absolute Gasteiger partial charge is 0.481 e. The van der Waals surface area contributed by atoms with Gasteiger partial charge in [0.25, 0.3) is 0 Å². The molecule has 0 aliphatic heterocycles. The van der Waals surface area contributed by atoms with Gasteiger partial charge in [0.15, 0.2) is 5.78 Å². The summed E-state index contributed by atoms with van der Waals surface area (Å²) in [4.78, 5) is 22.5. The zero-order valence-corrected chi connectivity index (χ0v) is 9.91. The highest BCUT2D eigenvalue weighted by atomic mass is 35.5. The van der Waals surface area contributed by atoms with E-state index in [0.29, 0.717) is 11.1 Å². The predicted molar refractivity (Wildman–Crippen MR) is 62.2 cm³/mol. The van der Waals surface area contributed by atoms with Crippen LogP contribution < -0.4 is 0 Å². The molecule has 1 rings (SSSR count). The van der Waals surface area contributed by atoms with Crippen molar-refractivity contribution in [1.82, 2.24) is 0 Å². The highest BCUT2D eigenvalue weighted by molar-refractivity contribution is 6.33. The standard InChI is InChI=1S/C12H13ClO3/c1-7-4-3-5-9(12(16)8(2)13)10(7)6-11(14)15/h3-5,8H,6H2,1-2H3,(H,14,15). The maximum atomic E-state index is 11.8. The molecular formula is C12H13ClO3. The van der Waals surface area contributed by atoms with Crippen LogP contribution in [0.25, 0.3) is 0 Å². The lowest BCUT2D eigenvalue weighted by molar-refractivity contribution is -0.136. The summed E-state index contributed by atoms with van der Waals surface area (Å²) in [5, 5.41) is 8.15. The molecule has 3 nitrogen and oxygen atoms in total. The van der Waals surface area contributed by atoms with E-state index in [4.69, 9.17) is 16.7 Å². The Balaban J connectivity index is 3.22. The van der Waals surface area contributed by atoms with Crippen molar-refractivity contribution < 1.29 is 14.7 Å². The van der Waals surface area contributed by atoms with Crippen molar-refractivity contribution in [3.8, 4) is 0 Å². The fourth-order valence-corrected chi connectivity index (χ4v) is 1.65. The zero-order valence-electron chi connectivity index (χ0n) is 9.16. The van der Waals surface area contributed by atoms with E-state index in [-0.39, 0.29) is 12.2 Å². The Hall–Kier alpha value is -1.35. The zero-order chi connectivity index (χ0) is 12.3. The molecule has 1 unspecified atom stereocenters. The van der Waals surface area contributed by atoms with Crippen molar-refractivity contribution in [2.75, 3.05) is 0 Å². The maximum Gasteiger partial charge on any atom is 0.307 e. The van der Waals surface area contributed by atoms with Gasteiger partial charge in [0.2, 0.25) is 0 Å². The fourth-order valence-electron chi connectivity index (χ4n) is 1.53. The van der Waals surface area contributed by atoms with Crippen LogP contribution in [0.4, 0.5) is 0 Å². The van der Waals surface area contributed by atoms with Gasteiger partial charge in [0.05, 0.1) is 11.8 Å². The summed E-state index contributed by atoms with van der Waals surface area (Å²) in [6.07, 6.45) is -0.155. The van der Waals surface area contributed by atoms with Crippen molar-refractivity contribution >= 4 is 23.4 Å². The molecule has 4 heteroatoms. The molecule has 1 N–H and O–H groups in total. The van der Waals surface area contributed by atoms with Gasteiger partial charge in [-0.15, -0.1) is 11.6 Å². The minimum absolute atomic E-state index is 0.155. The molecule has 0 saturated carbocycles. The summed E-state index contributed by atoms with van der Waals surface area (Å²) >= 11 is 5.73. The van der Waals surface area contributed by atoms with E-state index in [0.717, 1.165) is 5.56 Å². The quantitative estimate of drug-likeness (QED) is 0.650. The number of hydrogen-bond donors (Lipinski definition) is 1. The second-order valence-corrected chi connectivity index (χ2v) is 4.31. The lowest BCUT2D eigenvalue weighted by Crippen LogP contribution is -2.15. The number of carboxylic acid groups (broad SMARTS) is 1. The van der Waals surface area contributed by atoms with Crippen molar-refractivity contribution in [3.05, 3.63) is 34.9 Å². The van der Waals surface area contributed by atoms with Gasteiger partial charge in [-0.3, -0.25) is 9.59 Å². The molecule has 0 fully saturated rings. The molecular weight excluding hydrogens is 228 g/mol. The number of hydrogen-bond acceptors (Lipinski definition) is 2. The molecule has 0 spiro atoms. The van der Waals surface area contributed by atoms with Crippen LogP contribution in [0.1, 0.15) is 28.4 Å². The summed E-state index contributed by atoms with van der Waals surface area (Å²) in [7, 11) is 0. The van der Waals surface area contributed by atoms with Gasteiger partial charge in [0, 0.05) is 5.56 Å². The Labute approximate surface area is 99.0 Å². The molecule has 0 saturated heterocycles. The second-order valence-electron chi connectivity index (χ2n) is 3.65. The maximum absolute atomic E-state index is 11.8. The molecule has 0 aromatic heterocycles. The van der Waals surface area contributed by atoms with Crippen molar-refractivity contribution in [1.29, 1.82) is 0 Å². The SMILES string of the molecule is Cc1cccc(C(=O)C(C)Cl)c1CC(=O)O. The minimum atomic E-state index is -0.953. The minimum Gasteiger partial charge on any atom is -0.481 e. The molecule has 0 bridgehead atoms. The number of carboxylic acids is 1. The fraction of sp³-hybridized carbons (Fsp3) is 0.333. The van der Waals surface area contributed by atoms with Crippen LogP contribution >= 0.6 is 11.6 Å². The van der Waals surface area contributed by atoms with E-state index in [1.54, 1.807) is 32.0 Å². The van der Waals surface area contributed by atoms with E-state index < -0.39 is 11.3 Å². The van der Waals surface area contributed by atoms with Gasteiger partial charge in [-0.25, -0.2) is 0 Å². The molecule has 0 heterocycles. The Morgan fingerprint density at radius 3 is 2.56 bits per heavy atom. The smallest absolute Gasteiger partial charge is 0.307 e. The molecule has 1 atom stereocenters. The topological polar surface area (TPSA) is 54.4 Å². The summed E-state index contributed by atoms with van der Waals surface area (Å²) in [6, 6.07) is 5.13.